The van der Waals surface area contributed by atoms with Crippen LogP contribution in [-0.4, -0.2) is 18.9 Å². The van der Waals surface area contributed by atoms with Crippen LogP contribution in [0.5, 0.6) is 5.75 Å². The first kappa shape index (κ1) is 21.6. The third-order valence-corrected chi connectivity index (χ3v) is 5.73. The van der Waals surface area contributed by atoms with Crippen molar-refractivity contribution in [1.82, 2.24) is 0 Å². The number of amides is 2. The minimum atomic E-state index is -0.544. The van der Waals surface area contributed by atoms with E-state index in [9.17, 15) is 14.0 Å². The van der Waals surface area contributed by atoms with Crippen molar-refractivity contribution in [3.05, 3.63) is 93.9 Å². The molecule has 0 radical (unpaired) electrons. The molecule has 0 saturated carbocycles. The predicted molar refractivity (Wildman–Crippen MR) is 123 cm³/mol. The molecule has 1 aliphatic rings. The maximum atomic E-state index is 13.6. The zero-order valence-corrected chi connectivity index (χ0v) is 18.5. The van der Waals surface area contributed by atoms with Gasteiger partial charge in [0.25, 0.3) is 11.8 Å². The van der Waals surface area contributed by atoms with Gasteiger partial charge in [-0.3, -0.25) is 9.59 Å². The van der Waals surface area contributed by atoms with E-state index in [1.165, 1.54) is 31.4 Å². The summed E-state index contributed by atoms with van der Waals surface area (Å²) in [6.07, 6.45) is 0. The van der Waals surface area contributed by atoms with Crippen LogP contribution in [0, 0.1) is 19.7 Å². The number of methoxy groups -OCH3 is 1. The normalized spacial score (nSPS) is 13.7. The van der Waals surface area contributed by atoms with E-state index in [0.29, 0.717) is 27.7 Å². The van der Waals surface area contributed by atoms with Crippen LogP contribution in [-0.2, 0) is 9.59 Å². The van der Waals surface area contributed by atoms with Crippen LogP contribution in [0.3, 0.4) is 0 Å². The summed E-state index contributed by atoms with van der Waals surface area (Å²) < 4.78 is 19.0. The molecule has 7 heteroatoms. The molecule has 0 atom stereocenters. The second-order valence-corrected chi connectivity index (χ2v) is 7.82. The van der Waals surface area contributed by atoms with E-state index < -0.39 is 17.6 Å². The van der Waals surface area contributed by atoms with Crippen LogP contribution in [0.1, 0.15) is 16.7 Å². The van der Waals surface area contributed by atoms with Gasteiger partial charge < -0.3 is 10.1 Å². The Bertz CT molecular complexity index is 1270. The van der Waals surface area contributed by atoms with Crippen LogP contribution < -0.4 is 15.0 Å². The fourth-order valence-corrected chi connectivity index (χ4v) is 3.78. The van der Waals surface area contributed by atoms with Crippen LogP contribution in [0.25, 0.3) is 5.57 Å². The summed E-state index contributed by atoms with van der Waals surface area (Å²) in [5, 5.41) is 3.61. The highest BCUT2D eigenvalue weighted by atomic mass is 35.5. The minimum Gasteiger partial charge on any atom is -0.495 e. The van der Waals surface area contributed by atoms with Crippen LogP contribution in [0.4, 0.5) is 15.8 Å². The molecule has 2 amide bonds. The van der Waals surface area contributed by atoms with Crippen molar-refractivity contribution in [2.24, 2.45) is 0 Å². The zero-order chi connectivity index (χ0) is 23.0. The molecule has 32 heavy (non-hydrogen) atoms. The molecule has 1 N–H and O–H groups in total. The van der Waals surface area contributed by atoms with E-state index in [2.05, 4.69) is 5.32 Å². The van der Waals surface area contributed by atoms with Gasteiger partial charge in [-0.05, 0) is 66.9 Å². The Balaban J connectivity index is 1.88. The molecular weight excluding hydrogens is 431 g/mol. The first-order chi connectivity index (χ1) is 15.3. The fraction of sp³-hybridized carbons (Fsp3) is 0.120. The number of rotatable bonds is 5. The molecule has 3 aromatic carbocycles. The summed E-state index contributed by atoms with van der Waals surface area (Å²) in [6.45, 7) is 3.67. The van der Waals surface area contributed by atoms with E-state index in [4.69, 9.17) is 16.3 Å². The summed E-state index contributed by atoms with van der Waals surface area (Å²) in [6, 6.07) is 15.9. The molecular formula is C25H20ClFN2O3. The quantitative estimate of drug-likeness (QED) is 0.521. The van der Waals surface area contributed by atoms with Gasteiger partial charge in [0.1, 0.15) is 17.3 Å². The molecule has 3 aromatic rings. The number of nitrogens with one attached hydrogen (secondary N) is 1. The van der Waals surface area contributed by atoms with Crippen molar-refractivity contribution >= 4 is 40.4 Å². The number of halogens is 2. The number of anilines is 2. The Morgan fingerprint density at radius 3 is 2.38 bits per heavy atom. The van der Waals surface area contributed by atoms with E-state index in [-0.39, 0.29) is 11.3 Å². The van der Waals surface area contributed by atoms with Crippen LogP contribution in [0.2, 0.25) is 5.02 Å². The molecule has 0 fully saturated rings. The number of hydrogen-bond donors (Lipinski definition) is 1. The summed E-state index contributed by atoms with van der Waals surface area (Å²) in [4.78, 5) is 28.2. The summed E-state index contributed by atoms with van der Waals surface area (Å²) in [5.41, 5.74) is 3.14. The van der Waals surface area contributed by atoms with Crippen molar-refractivity contribution in [3.8, 4) is 5.75 Å². The number of nitrogens with zero attached hydrogens (tertiary/aromatic N) is 1. The molecule has 0 bridgehead atoms. The SMILES string of the molecule is COc1ccc(C)cc1N1C(=O)C(Nc2cccc(Cl)c2C)=C(c2ccc(F)cc2)C1=O. The highest BCUT2D eigenvalue weighted by Crippen LogP contribution is 2.39. The van der Waals surface area contributed by atoms with Gasteiger partial charge in [-0.2, -0.15) is 0 Å². The fourth-order valence-electron chi connectivity index (χ4n) is 3.60. The lowest BCUT2D eigenvalue weighted by Crippen LogP contribution is -2.32. The smallest absolute Gasteiger partial charge is 0.282 e. The van der Waals surface area contributed by atoms with Gasteiger partial charge in [0.2, 0.25) is 0 Å². The summed E-state index contributed by atoms with van der Waals surface area (Å²) in [5.74, 6) is -1.13. The van der Waals surface area contributed by atoms with Gasteiger partial charge in [-0.25, -0.2) is 9.29 Å². The number of imide groups is 1. The average Bonchev–Trinajstić information content (AvgIpc) is 3.01. The Morgan fingerprint density at radius 1 is 0.969 bits per heavy atom. The van der Waals surface area contributed by atoms with Crippen molar-refractivity contribution < 1.29 is 18.7 Å². The van der Waals surface area contributed by atoms with Gasteiger partial charge in [-0.15, -0.1) is 0 Å². The molecule has 0 aliphatic carbocycles. The third-order valence-electron chi connectivity index (χ3n) is 5.32. The van der Waals surface area contributed by atoms with E-state index >= 15 is 0 Å². The Hall–Kier alpha value is -3.64. The topological polar surface area (TPSA) is 58.6 Å². The lowest BCUT2D eigenvalue weighted by molar-refractivity contribution is -0.120. The van der Waals surface area contributed by atoms with Crippen LogP contribution in [0.15, 0.2) is 66.4 Å². The standard InChI is InChI=1S/C25H20ClFN2O3/c1-14-7-12-21(32-3)20(13-14)29-24(30)22(16-8-10-17(27)11-9-16)23(25(29)31)28-19-6-4-5-18(26)15(19)2/h4-13,28H,1-3H3. The monoisotopic (exact) mass is 450 g/mol. The number of hydrogen-bond acceptors (Lipinski definition) is 4. The first-order valence-corrected chi connectivity index (χ1v) is 10.3. The number of benzene rings is 3. The number of ether oxygens (including phenoxy) is 1. The van der Waals surface area contributed by atoms with Gasteiger partial charge in [0.15, 0.2) is 0 Å². The molecule has 0 saturated heterocycles. The highest BCUT2D eigenvalue weighted by molar-refractivity contribution is 6.46. The summed E-state index contributed by atoms with van der Waals surface area (Å²) in [7, 11) is 1.47. The van der Waals surface area contributed by atoms with E-state index in [1.54, 1.807) is 30.3 Å². The maximum Gasteiger partial charge on any atom is 0.282 e. The first-order valence-electron chi connectivity index (χ1n) is 9.87. The van der Waals surface area contributed by atoms with Crippen molar-refractivity contribution in [2.75, 3.05) is 17.3 Å². The zero-order valence-electron chi connectivity index (χ0n) is 17.7. The molecule has 1 aliphatic heterocycles. The molecule has 0 aromatic heterocycles. The number of carbonyl (C=O) groups is 2. The minimum absolute atomic E-state index is 0.0792. The lowest BCUT2D eigenvalue weighted by Gasteiger charge is -2.19. The molecule has 5 nitrogen and oxygen atoms in total. The molecule has 1 heterocycles. The Kier molecular flexibility index (Phi) is 5.72. The highest BCUT2D eigenvalue weighted by Gasteiger charge is 2.41. The molecule has 4 rings (SSSR count). The van der Waals surface area contributed by atoms with Crippen molar-refractivity contribution in [3.63, 3.8) is 0 Å². The van der Waals surface area contributed by atoms with Gasteiger partial charge in [0, 0.05) is 10.7 Å². The number of aryl methyl sites for hydroxylation is 1. The largest absolute Gasteiger partial charge is 0.495 e. The average molecular weight is 451 g/mol. The lowest BCUT2D eigenvalue weighted by atomic mass is 10.0. The van der Waals surface area contributed by atoms with Crippen molar-refractivity contribution in [1.29, 1.82) is 0 Å². The van der Waals surface area contributed by atoms with E-state index in [1.807, 2.05) is 19.9 Å². The maximum absolute atomic E-state index is 13.6. The van der Waals surface area contributed by atoms with Gasteiger partial charge in [0.05, 0.1) is 18.4 Å². The van der Waals surface area contributed by atoms with Gasteiger partial charge in [-0.1, -0.05) is 35.9 Å². The summed E-state index contributed by atoms with van der Waals surface area (Å²) >= 11 is 6.24. The predicted octanol–water partition coefficient (Wildman–Crippen LogP) is 5.50. The van der Waals surface area contributed by atoms with Gasteiger partial charge >= 0.3 is 0 Å². The molecule has 0 unspecified atom stereocenters. The van der Waals surface area contributed by atoms with E-state index in [0.717, 1.165) is 16.0 Å². The Labute approximate surface area is 190 Å². The number of carbonyl (C=O) groups excluding carboxylic acids is 2. The second kappa shape index (κ2) is 8.48. The third kappa shape index (κ3) is 3.74. The molecule has 0 spiro atoms. The molecule has 162 valence electrons. The van der Waals surface area contributed by atoms with Crippen LogP contribution >= 0.6 is 11.6 Å². The van der Waals surface area contributed by atoms with Crippen molar-refractivity contribution in [2.45, 2.75) is 13.8 Å². The Morgan fingerprint density at radius 2 is 1.69 bits per heavy atom. The second-order valence-electron chi connectivity index (χ2n) is 7.42.